The van der Waals surface area contributed by atoms with E-state index in [1.165, 1.54) is 10.5 Å². The van der Waals surface area contributed by atoms with Crippen molar-refractivity contribution in [2.24, 2.45) is 5.92 Å². The lowest BCUT2D eigenvalue weighted by molar-refractivity contribution is -0.136. The molecule has 1 aromatic carbocycles. The van der Waals surface area contributed by atoms with Crippen molar-refractivity contribution in [3.63, 3.8) is 0 Å². The summed E-state index contributed by atoms with van der Waals surface area (Å²) in [6, 6.07) is 10.6. The molecule has 3 rings (SSSR count). The van der Waals surface area contributed by atoms with E-state index in [4.69, 9.17) is 0 Å². The Labute approximate surface area is 163 Å². The number of nitrogens with zero attached hydrogens (tertiary/aromatic N) is 3. The fraction of sp³-hybridized carbons (Fsp3) is 0.636. The molecule has 0 saturated carbocycles. The third-order valence-electron chi connectivity index (χ3n) is 5.99. The van der Waals surface area contributed by atoms with E-state index in [9.17, 15) is 9.59 Å². The minimum Gasteiger partial charge on any atom is -0.309 e. The van der Waals surface area contributed by atoms with Crippen LogP contribution >= 0.6 is 0 Å². The Morgan fingerprint density at radius 3 is 2.19 bits per heavy atom. The first-order valence-corrected chi connectivity index (χ1v) is 10.3. The van der Waals surface area contributed by atoms with Gasteiger partial charge in [0.15, 0.2) is 0 Å². The van der Waals surface area contributed by atoms with Crippen molar-refractivity contribution in [1.29, 1.82) is 0 Å². The first-order valence-electron chi connectivity index (χ1n) is 10.3. The molecule has 0 bridgehead atoms. The molecule has 0 unspecified atom stereocenters. The van der Waals surface area contributed by atoms with Gasteiger partial charge in [-0.1, -0.05) is 44.2 Å². The molecule has 0 radical (unpaired) electrons. The standard InChI is InChI=1S/C22H33N3O2/c1-17(2)16-24-20(26)22(11-14-23(15-12-22)18(3)4)25(21(24)27)13-10-19-8-6-5-7-9-19/h5-9,17-18H,10-16H2,1-4H3. The third-order valence-corrected chi connectivity index (χ3v) is 5.99. The average Bonchev–Trinajstić information content (AvgIpc) is 2.83. The molecule has 0 aromatic heterocycles. The summed E-state index contributed by atoms with van der Waals surface area (Å²) >= 11 is 0. The highest BCUT2D eigenvalue weighted by Gasteiger charge is 2.57. The zero-order chi connectivity index (χ0) is 19.6. The van der Waals surface area contributed by atoms with Gasteiger partial charge in [-0.05, 0) is 44.6 Å². The van der Waals surface area contributed by atoms with Crippen molar-refractivity contribution < 1.29 is 9.59 Å². The molecule has 5 nitrogen and oxygen atoms in total. The van der Waals surface area contributed by atoms with Crippen LogP contribution in [0, 0.1) is 5.92 Å². The lowest BCUT2D eigenvalue weighted by Gasteiger charge is -2.43. The van der Waals surface area contributed by atoms with Gasteiger partial charge in [0.25, 0.3) is 5.91 Å². The number of amides is 3. The quantitative estimate of drug-likeness (QED) is 0.720. The summed E-state index contributed by atoms with van der Waals surface area (Å²) in [6.07, 6.45) is 2.25. The van der Waals surface area contributed by atoms with Crippen molar-refractivity contribution in [1.82, 2.24) is 14.7 Å². The van der Waals surface area contributed by atoms with Crippen molar-refractivity contribution in [2.45, 2.75) is 58.5 Å². The number of carbonyl (C=O) groups is 2. The molecule has 148 valence electrons. The summed E-state index contributed by atoms with van der Waals surface area (Å²) in [4.78, 5) is 32.4. The van der Waals surface area contributed by atoms with Gasteiger partial charge in [0, 0.05) is 32.2 Å². The van der Waals surface area contributed by atoms with Crippen molar-refractivity contribution >= 4 is 11.9 Å². The topological polar surface area (TPSA) is 43.9 Å². The van der Waals surface area contributed by atoms with Gasteiger partial charge >= 0.3 is 6.03 Å². The summed E-state index contributed by atoms with van der Waals surface area (Å²) in [5.74, 6) is 0.303. The number of urea groups is 1. The molecule has 1 spiro atoms. The minimum atomic E-state index is -0.647. The highest BCUT2D eigenvalue weighted by Crippen LogP contribution is 2.38. The number of likely N-dealkylation sites (tertiary alicyclic amines) is 1. The number of hydrogen-bond acceptors (Lipinski definition) is 3. The van der Waals surface area contributed by atoms with E-state index < -0.39 is 5.54 Å². The van der Waals surface area contributed by atoms with Crippen LogP contribution in [0.4, 0.5) is 4.79 Å². The molecule has 5 heteroatoms. The number of benzene rings is 1. The molecule has 0 N–H and O–H groups in total. The van der Waals surface area contributed by atoms with Crippen LogP contribution in [0.3, 0.4) is 0 Å². The number of imide groups is 1. The predicted octanol–water partition coefficient (Wildman–Crippen LogP) is 3.39. The monoisotopic (exact) mass is 371 g/mol. The first-order chi connectivity index (χ1) is 12.8. The largest absolute Gasteiger partial charge is 0.327 e. The normalized spacial score (nSPS) is 20.5. The van der Waals surface area contributed by atoms with E-state index >= 15 is 0 Å². The minimum absolute atomic E-state index is 0.0256. The van der Waals surface area contributed by atoms with E-state index in [0.29, 0.717) is 19.1 Å². The van der Waals surface area contributed by atoms with Crippen LogP contribution in [0.25, 0.3) is 0 Å². The summed E-state index contributed by atoms with van der Waals surface area (Å²) in [5.41, 5.74) is 0.557. The highest BCUT2D eigenvalue weighted by molar-refractivity contribution is 6.07. The molecular formula is C22H33N3O2. The molecule has 2 fully saturated rings. The van der Waals surface area contributed by atoms with Gasteiger partial charge in [0.1, 0.15) is 5.54 Å². The van der Waals surface area contributed by atoms with Crippen LogP contribution in [-0.2, 0) is 11.2 Å². The fourth-order valence-electron chi connectivity index (χ4n) is 4.40. The smallest absolute Gasteiger partial charge is 0.309 e. The molecule has 2 aliphatic heterocycles. The summed E-state index contributed by atoms with van der Waals surface area (Å²) in [5, 5.41) is 0. The number of rotatable bonds is 6. The van der Waals surface area contributed by atoms with Crippen molar-refractivity contribution in [3.8, 4) is 0 Å². The van der Waals surface area contributed by atoms with Crippen LogP contribution in [0.15, 0.2) is 30.3 Å². The molecule has 0 atom stereocenters. The van der Waals surface area contributed by atoms with Gasteiger partial charge in [-0.2, -0.15) is 0 Å². The maximum atomic E-state index is 13.4. The Kier molecular flexibility index (Phi) is 5.89. The van der Waals surface area contributed by atoms with Gasteiger partial charge in [-0.25, -0.2) is 4.79 Å². The first kappa shape index (κ1) is 19.9. The second-order valence-electron chi connectivity index (χ2n) is 8.64. The zero-order valence-electron chi connectivity index (χ0n) is 17.1. The Morgan fingerprint density at radius 1 is 1.00 bits per heavy atom. The number of piperidine rings is 1. The highest BCUT2D eigenvalue weighted by atomic mass is 16.2. The van der Waals surface area contributed by atoms with Crippen molar-refractivity contribution in [2.75, 3.05) is 26.2 Å². The molecule has 0 aliphatic carbocycles. The number of hydrogen-bond donors (Lipinski definition) is 0. The predicted molar refractivity (Wildman–Crippen MR) is 107 cm³/mol. The second kappa shape index (κ2) is 8.01. The molecule has 1 aromatic rings. The Balaban J connectivity index is 1.82. The van der Waals surface area contributed by atoms with Crippen LogP contribution < -0.4 is 0 Å². The van der Waals surface area contributed by atoms with E-state index in [-0.39, 0.29) is 17.9 Å². The van der Waals surface area contributed by atoms with E-state index in [1.54, 1.807) is 0 Å². The second-order valence-corrected chi connectivity index (χ2v) is 8.64. The SMILES string of the molecule is CC(C)CN1C(=O)N(CCc2ccccc2)C2(CCN(C(C)C)CC2)C1=O. The van der Waals surface area contributed by atoms with E-state index in [2.05, 4.69) is 44.7 Å². The van der Waals surface area contributed by atoms with Crippen LogP contribution in [0.5, 0.6) is 0 Å². The zero-order valence-corrected chi connectivity index (χ0v) is 17.1. The van der Waals surface area contributed by atoms with Gasteiger partial charge in [0.2, 0.25) is 0 Å². The lowest BCUT2D eigenvalue weighted by atomic mass is 9.85. The van der Waals surface area contributed by atoms with E-state index in [0.717, 1.165) is 32.4 Å². The van der Waals surface area contributed by atoms with E-state index in [1.807, 2.05) is 23.1 Å². The van der Waals surface area contributed by atoms with Gasteiger partial charge in [-0.3, -0.25) is 9.69 Å². The fourth-order valence-corrected chi connectivity index (χ4v) is 4.40. The molecule has 3 amide bonds. The van der Waals surface area contributed by atoms with Crippen LogP contribution in [-0.4, -0.2) is 64.4 Å². The average molecular weight is 372 g/mol. The summed E-state index contributed by atoms with van der Waals surface area (Å²) in [6.45, 7) is 11.3. The number of carbonyl (C=O) groups excluding carboxylic acids is 2. The van der Waals surface area contributed by atoms with Gasteiger partial charge in [0.05, 0.1) is 0 Å². The maximum Gasteiger partial charge on any atom is 0.327 e. The molecule has 27 heavy (non-hydrogen) atoms. The summed E-state index contributed by atoms with van der Waals surface area (Å²) in [7, 11) is 0. The molecule has 2 saturated heterocycles. The lowest BCUT2D eigenvalue weighted by Crippen LogP contribution is -2.57. The van der Waals surface area contributed by atoms with Gasteiger partial charge < -0.3 is 9.80 Å². The third kappa shape index (κ3) is 3.88. The maximum absolute atomic E-state index is 13.4. The molecule has 2 heterocycles. The van der Waals surface area contributed by atoms with Crippen LogP contribution in [0.1, 0.15) is 46.1 Å². The van der Waals surface area contributed by atoms with Crippen LogP contribution in [0.2, 0.25) is 0 Å². The molecular weight excluding hydrogens is 338 g/mol. The Bertz CT molecular complexity index is 663. The summed E-state index contributed by atoms with van der Waals surface area (Å²) < 4.78 is 0. The van der Waals surface area contributed by atoms with Crippen molar-refractivity contribution in [3.05, 3.63) is 35.9 Å². The Morgan fingerprint density at radius 2 is 1.63 bits per heavy atom. The molecule has 2 aliphatic rings. The van der Waals surface area contributed by atoms with Gasteiger partial charge in [-0.15, -0.1) is 0 Å². The Hall–Kier alpha value is -1.88.